The van der Waals surface area contributed by atoms with E-state index >= 15 is 0 Å². The standard InChI is InChI=1S/C41H54O4/c1-27(2)13-12-14-28(3)33-19-20-34-37-35(22-24-41(33,34)5)40(4)23-21-32(44-38(42)29-15-8-6-9-16-29)25-31(40)26-36(37)45-39(43)30-17-10-7-11-18-30/h6-11,15-18,26-28,32-37H,12-14,19-25H2,1-5H3/t28-,32+,33+,34-,35-,36-,37-,40+,41-/m1/s1. The van der Waals surface area contributed by atoms with Crippen molar-refractivity contribution < 1.29 is 19.1 Å². The Morgan fingerprint density at radius 1 is 0.778 bits per heavy atom. The number of rotatable bonds is 9. The average Bonchev–Trinajstić information content (AvgIpc) is 3.39. The second kappa shape index (κ2) is 13.1. The lowest BCUT2D eigenvalue weighted by Crippen LogP contribution is -2.55. The number of carbonyl (C=O) groups is 2. The van der Waals surface area contributed by atoms with Crippen molar-refractivity contribution >= 4 is 11.9 Å². The minimum Gasteiger partial charge on any atom is -0.458 e. The summed E-state index contributed by atoms with van der Waals surface area (Å²) < 4.78 is 12.6. The first-order valence-electron chi connectivity index (χ1n) is 17.8. The van der Waals surface area contributed by atoms with E-state index in [1.165, 1.54) is 50.5 Å². The Hall–Kier alpha value is -2.88. The van der Waals surface area contributed by atoms with Crippen LogP contribution in [-0.4, -0.2) is 24.1 Å². The van der Waals surface area contributed by atoms with E-state index in [4.69, 9.17) is 9.47 Å². The van der Waals surface area contributed by atoms with Crippen molar-refractivity contribution in [2.75, 3.05) is 0 Å². The summed E-state index contributed by atoms with van der Waals surface area (Å²) in [5.41, 5.74) is 2.85. The molecule has 0 heterocycles. The molecule has 4 aliphatic rings. The second-order valence-electron chi connectivity index (χ2n) is 15.8. The SMILES string of the molecule is CC(C)CCC[C@@H](C)[C@@H]1CC[C@@H]2[C@@H]3[C@@H](CC[C@@]21C)[C@@]1(C)CC[C@H](OC(=O)c2ccccc2)CC1=C[C@H]3OC(=O)c1ccccc1. The lowest BCUT2D eigenvalue weighted by Gasteiger charge is -2.59. The fourth-order valence-corrected chi connectivity index (χ4v) is 10.4. The van der Waals surface area contributed by atoms with Gasteiger partial charge in [0.05, 0.1) is 11.1 Å². The van der Waals surface area contributed by atoms with Gasteiger partial charge in [-0.1, -0.05) is 95.9 Å². The van der Waals surface area contributed by atoms with Crippen molar-refractivity contribution in [3.05, 3.63) is 83.4 Å². The van der Waals surface area contributed by atoms with Crippen molar-refractivity contribution in [3.8, 4) is 0 Å². The van der Waals surface area contributed by atoms with Crippen molar-refractivity contribution in [1.29, 1.82) is 0 Å². The Labute approximate surface area is 271 Å². The zero-order chi connectivity index (χ0) is 31.8. The molecule has 0 bridgehead atoms. The zero-order valence-corrected chi connectivity index (χ0v) is 28.2. The molecule has 4 nitrogen and oxygen atoms in total. The number of hydrogen-bond acceptors (Lipinski definition) is 4. The molecule has 0 amide bonds. The maximum atomic E-state index is 13.6. The molecule has 0 aromatic heterocycles. The molecule has 2 aromatic rings. The monoisotopic (exact) mass is 610 g/mol. The van der Waals surface area contributed by atoms with E-state index in [0.29, 0.717) is 28.9 Å². The van der Waals surface area contributed by atoms with Crippen molar-refractivity contribution in [3.63, 3.8) is 0 Å². The summed E-state index contributed by atoms with van der Waals surface area (Å²) in [4.78, 5) is 26.6. The number of ether oxygens (including phenoxy) is 2. The van der Waals surface area contributed by atoms with Crippen LogP contribution in [-0.2, 0) is 9.47 Å². The van der Waals surface area contributed by atoms with Crippen molar-refractivity contribution in [2.24, 2.45) is 46.3 Å². The molecule has 3 fully saturated rings. The fraction of sp³-hybridized carbons (Fsp3) is 0.610. The van der Waals surface area contributed by atoms with Gasteiger partial charge in [-0.15, -0.1) is 0 Å². The molecule has 242 valence electrons. The molecule has 9 atom stereocenters. The third-order valence-corrected chi connectivity index (χ3v) is 12.8. The van der Waals surface area contributed by atoms with Gasteiger partial charge in [-0.05, 0) is 109 Å². The minimum atomic E-state index is -0.256. The Balaban J connectivity index is 1.28. The van der Waals surface area contributed by atoms with Crippen LogP contribution in [0.3, 0.4) is 0 Å². The summed E-state index contributed by atoms with van der Waals surface area (Å²) >= 11 is 0. The van der Waals surface area contributed by atoms with Gasteiger partial charge in [0.1, 0.15) is 12.2 Å². The largest absolute Gasteiger partial charge is 0.458 e. The van der Waals surface area contributed by atoms with E-state index in [9.17, 15) is 9.59 Å². The Bertz CT molecular complexity index is 1360. The summed E-state index contributed by atoms with van der Waals surface area (Å²) in [7, 11) is 0. The molecule has 0 N–H and O–H groups in total. The third kappa shape index (κ3) is 6.28. The van der Waals surface area contributed by atoms with Crippen LogP contribution in [0.1, 0.15) is 120 Å². The lowest BCUT2D eigenvalue weighted by molar-refractivity contribution is -0.102. The highest BCUT2D eigenvalue weighted by atomic mass is 16.5. The van der Waals surface area contributed by atoms with Crippen molar-refractivity contribution in [1.82, 2.24) is 0 Å². The molecule has 2 aromatic carbocycles. The summed E-state index contributed by atoms with van der Waals surface area (Å²) in [6.45, 7) is 12.2. The van der Waals surface area contributed by atoms with Crippen LogP contribution in [0.4, 0.5) is 0 Å². The molecule has 0 aliphatic heterocycles. The first-order valence-corrected chi connectivity index (χ1v) is 17.8. The van der Waals surface area contributed by atoms with Gasteiger partial charge < -0.3 is 9.47 Å². The molecular formula is C41H54O4. The van der Waals surface area contributed by atoms with Gasteiger partial charge in [-0.3, -0.25) is 0 Å². The van der Waals surface area contributed by atoms with Crippen LogP contribution in [0.2, 0.25) is 0 Å². The highest BCUT2D eigenvalue weighted by Gasteiger charge is 2.62. The van der Waals surface area contributed by atoms with E-state index in [0.717, 1.165) is 37.0 Å². The maximum Gasteiger partial charge on any atom is 0.338 e. The third-order valence-electron chi connectivity index (χ3n) is 12.8. The summed E-state index contributed by atoms with van der Waals surface area (Å²) in [6, 6.07) is 18.8. The predicted octanol–water partition coefficient (Wildman–Crippen LogP) is 10.1. The fourth-order valence-electron chi connectivity index (χ4n) is 10.4. The number of benzene rings is 2. The predicted molar refractivity (Wildman–Crippen MR) is 180 cm³/mol. The van der Waals surface area contributed by atoms with Crippen LogP contribution in [0, 0.1) is 46.3 Å². The molecule has 6 rings (SSSR count). The van der Waals surface area contributed by atoms with Gasteiger partial charge in [0.25, 0.3) is 0 Å². The summed E-state index contributed by atoms with van der Waals surface area (Å²) in [5.74, 6) is 3.07. The van der Waals surface area contributed by atoms with Gasteiger partial charge in [0.15, 0.2) is 0 Å². The van der Waals surface area contributed by atoms with E-state index < -0.39 is 0 Å². The lowest BCUT2D eigenvalue weighted by atomic mass is 9.46. The van der Waals surface area contributed by atoms with Gasteiger partial charge in [-0.25, -0.2) is 9.59 Å². The highest BCUT2D eigenvalue weighted by molar-refractivity contribution is 5.90. The van der Waals surface area contributed by atoms with Gasteiger partial charge >= 0.3 is 11.9 Å². The Morgan fingerprint density at radius 3 is 2.07 bits per heavy atom. The van der Waals surface area contributed by atoms with Crippen LogP contribution >= 0.6 is 0 Å². The summed E-state index contributed by atoms with van der Waals surface area (Å²) in [6.07, 6.45) is 13.4. The summed E-state index contributed by atoms with van der Waals surface area (Å²) in [5, 5.41) is 0. The Morgan fingerprint density at radius 2 is 1.42 bits per heavy atom. The van der Waals surface area contributed by atoms with Crippen LogP contribution in [0.5, 0.6) is 0 Å². The molecule has 3 saturated carbocycles. The number of hydrogen-bond donors (Lipinski definition) is 0. The topological polar surface area (TPSA) is 52.6 Å². The Kier molecular flexibility index (Phi) is 9.33. The van der Waals surface area contributed by atoms with E-state index in [2.05, 4.69) is 40.7 Å². The van der Waals surface area contributed by atoms with Crippen molar-refractivity contribution in [2.45, 2.75) is 111 Å². The molecule has 4 aliphatic carbocycles. The van der Waals surface area contributed by atoms with Gasteiger partial charge in [0, 0.05) is 12.3 Å². The molecule has 0 radical (unpaired) electrons. The number of fused-ring (bicyclic) bond motifs is 5. The quantitative estimate of drug-likeness (QED) is 0.209. The van der Waals surface area contributed by atoms with E-state index in [-0.39, 0.29) is 35.0 Å². The van der Waals surface area contributed by atoms with E-state index in [1.54, 1.807) is 0 Å². The molecule has 4 heteroatoms. The first kappa shape index (κ1) is 32.1. The normalized spacial score (nSPS) is 34.6. The molecule has 0 unspecified atom stereocenters. The molecule has 0 spiro atoms. The number of carbonyl (C=O) groups excluding carboxylic acids is 2. The maximum absolute atomic E-state index is 13.6. The second-order valence-corrected chi connectivity index (χ2v) is 15.8. The van der Waals surface area contributed by atoms with Gasteiger partial charge in [-0.2, -0.15) is 0 Å². The average molecular weight is 611 g/mol. The highest BCUT2D eigenvalue weighted by Crippen LogP contribution is 2.67. The zero-order valence-electron chi connectivity index (χ0n) is 28.2. The number of esters is 2. The van der Waals surface area contributed by atoms with E-state index in [1.807, 2.05) is 60.7 Å². The first-order chi connectivity index (χ1) is 21.6. The smallest absolute Gasteiger partial charge is 0.338 e. The van der Waals surface area contributed by atoms with Crippen LogP contribution in [0.15, 0.2) is 72.3 Å². The minimum absolute atomic E-state index is 0.0400. The van der Waals surface area contributed by atoms with Crippen LogP contribution in [0.25, 0.3) is 0 Å². The molecular weight excluding hydrogens is 556 g/mol. The molecule has 0 saturated heterocycles. The van der Waals surface area contributed by atoms with Gasteiger partial charge in [0.2, 0.25) is 0 Å². The molecule has 45 heavy (non-hydrogen) atoms. The van der Waals surface area contributed by atoms with Crippen LogP contribution < -0.4 is 0 Å².